The van der Waals surface area contributed by atoms with Gasteiger partial charge in [-0.15, -0.1) is 0 Å². The van der Waals surface area contributed by atoms with Gasteiger partial charge in [-0.1, -0.05) is 12.1 Å². The Bertz CT molecular complexity index is 832. The fourth-order valence-electron chi connectivity index (χ4n) is 4.54. The van der Waals surface area contributed by atoms with Gasteiger partial charge in [0, 0.05) is 44.3 Å². The molecule has 0 bridgehead atoms. The van der Waals surface area contributed by atoms with Crippen LogP contribution in [0, 0.1) is 18.8 Å². The average Bonchev–Trinajstić information content (AvgIpc) is 3.29. The number of aryl methyl sites for hydroxylation is 1. The lowest BCUT2D eigenvalue weighted by Gasteiger charge is -2.38. The number of ether oxygens (including phenoxy) is 1. The van der Waals surface area contributed by atoms with Crippen LogP contribution in [0.5, 0.6) is 11.5 Å². The van der Waals surface area contributed by atoms with E-state index in [9.17, 15) is 9.90 Å². The zero-order valence-electron chi connectivity index (χ0n) is 17.7. The van der Waals surface area contributed by atoms with Gasteiger partial charge < -0.3 is 14.7 Å². The van der Waals surface area contributed by atoms with Crippen LogP contribution in [0.4, 0.5) is 0 Å². The first-order chi connectivity index (χ1) is 14.6. The monoisotopic (exact) mass is 409 g/mol. The second-order valence-electron chi connectivity index (χ2n) is 8.64. The molecule has 0 spiro atoms. The van der Waals surface area contributed by atoms with E-state index in [0.717, 1.165) is 69.0 Å². The summed E-state index contributed by atoms with van der Waals surface area (Å²) in [4.78, 5) is 21.8. The Morgan fingerprint density at radius 1 is 1.13 bits per heavy atom. The van der Waals surface area contributed by atoms with Crippen molar-refractivity contribution < 1.29 is 14.6 Å². The van der Waals surface area contributed by atoms with Crippen molar-refractivity contribution in [2.45, 2.75) is 32.7 Å². The predicted molar refractivity (Wildman–Crippen MR) is 115 cm³/mol. The Balaban J connectivity index is 1.43. The van der Waals surface area contributed by atoms with Gasteiger partial charge in [-0.05, 0) is 56.0 Å². The van der Waals surface area contributed by atoms with Crippen molar-refractivity contribution in [2.24, 2.45) is 11.8 Å². The minimum atomic E-state index is 0.0127. The molecule has 2 aromatic rings. The number of amides is 1. The SMILES string of the molecule is Cc1ccc(OC[C@H]2C[C@@H](C(=O)N3CCCC3)CN(Cc3ccc(O)cc3)C2)cn1. The molecule has 2 fully saturated rings. The lowest BCUT2D eigenvalue weighted by Crippen LogP contribution is -2.48. The number of aromatic hydroxyl groups is 1. The number of aromatic nitrogens is 1. The highest BCUT2D eigenvalue weighted by molar-refractivity contribution is 5.79. The van der Waals surface area contributed by atoms with E-state index in [2.05, 4.69) is 9.88 Å². The summed E-state index contributed by atoms with van der Waals surface area (Å²) in [5.74, 6) is 1.65. The largest absolute Gasteiger partial charge is 0.508 e. The fraction of sp³-hybridized carbons (Fsp3) is 0.500. The van der Waals surface area contributed by atoms with Crippen molar-refractivity contribution in [2.75, 3.05) is 32.8 Å². The van der Waals surface area contributed by atoms with Crippen LogP contribution in [0.25, 0.3) is 0 Å². The van der Waals surface area contributed by atoms with E-state index in [1.807, 2.05) is 36.1 Å². The predicted octanol–water partition coefficient (Wildman–Crippen LogP) is 3.24. The lowest BCUT2D eigenvalue weighted by atomic mass is 9.88. The zero-order valence-corrected chi connectivity index (χ0v) is 17.7. The highest BCUT2D eigenvalue weighted by atomic mass is 16.5. The normalized spacial score (nSPS) is 22.2. The summed E-state index contributed by atoms with van der Waals surface area (Å²) < 4.78 is 6.02. The number of phenols is 1. The molecule has 1 aromatic carbocycles. The Hall–Kier alpha value is -2.60. The van der Waals surface area contributed by atoms with Crippen LogP contribution >= 0.6 is 0 Å². The van der Waals surface area contributed by atoms with Gasteiger partial charge in [0.2, 0.25) is 5.91 Å². The van der Waals surface area contributed by atoms with Crippen LogP contribution in [0.2, 0.25) is 0 Å². The Labute approximate surface area is 178 Å². The Morgan fingerprint density at radius 2 is 1.90 bits per heavy atom. The quantitative estimate of drug-likeness (QED) is 0.794. The number of pyridine rings is 1. The van der Waals surface area contributed by atoms with Crippen molar-refractivity contribution in [3.8, 4) is 11.5 Å². The van der Waals surface area contributed by atoms with Gasteiger partial charge in [-0.3, -0.25) is 14.7 Å². The van der Waals surface area contributed by atoms with Crippen molar-refractivity contribution in [1.82, 2.24) is 14.8 Å². The minimum Gasteiger partial charge on any atom is -0.508 e. The molecule has 160 valence electrons. The Kier molecular flexibility index (Phi) is 6.53. The third-order valence-corrected chi connectivity index (χ3v) is 6.09. The molecule has 0 saturated carbocycles. The van der Waals surface area contributed by atoms with Crippen LogP contribution < -0.4 is 4.74 Å². The highest BCUT2D eigenvalue weighted by Gasteiger charge is 2.35. The molecule has 2 atom stereocenters. The topological polar surface area (TPSA) is 65.9 Å². The maximum Gasteiger partial charge on any atom is 0.226 e. The van der Waals surface area contributed by atoms with Gasteiger partial charge >= 0.3 is 0 Å². The molecule has 1 aromatic heterocycles. The average molecular weight is 410 g/mol. The lowest BCUT2D eigenvalue weighted by molar-refractivity contribution is -0.137. The van der Waals surface area contributed by atoms with E-state index in [1.54, 1.807) is 18.3 Å². The van der Waals surface area contributed by atoms with Crippen LogP contribution in [-0.2, 0) is 11.3 Å². The van der Waals surface area contributed by atoms with Crippen molar-refractivity contribution in [1.29, 1.82) is 0 Å². The van der Waals surface area contributed by atoms with E-state index in [-0.39, 0.29) is 17.6 Å². The smallest absolute Gasteiger partial charge is 0.226 e. The van der Waals surface area contributed by atoms with E-state index in [1.165, 1.54) is 0 Å². The summed E-state index contributed by atoms with van der Waals surface area (Å²) in [6.45, 7) is 6.77. The van der Waals surface area contributed by atoms with Crippen molar-refractivity contribution >= 4 is 5.91 Å². The fourth-order valence-corrected chi connectivity index (χ4v) is 4.54. The van der Waals surface area contributed by atoms with Gasteiger partial charge in [-0.25, -0.2) is 0 Å². The number of carbonyl (C=O) groups excluding carboxylic acids is 1. The summed E-state index contributed by atoms with van der Waals surface area (Å²) in [6, 6.07) is 11.2. The summed E-state index contributed by atoms with van der Waals surface area (Å²) in [5, 5.41) is 9.55. The third-order valence-electron chi connectivity index (χ3n) is 6.09. The van der Waals surface area contributed by atoms with Gasteiger partial charge in [0.15, 0.2) is 0 Å². The van der Waals surface area contributed by atoms with Crippen LogP contribution in [0.3, 0.4) is 0 Å². The Morgan fingerprint density at radius 3 is 2.60 bits per heavy atom. The first kappa shape index (κ1) is 20.7. The molecule has 6 heteroatoms. The zero-order chi connectivity index (χ0) is 20.9. The third kappa shape index (κ3) is 5.30. The second kappa shape index (κ2) is 9.47. The van der Waals surface area contributed by atoms with Crippen LogP contribution in [0.1, 0.15) is 30.5 Å². The number of phenolic OH excluding ortho intramolecular Hbond substituents is 1. The molecule has 0 unspecified atom stereocenters. The first-order valence-corrected chi connectivity index (χ1v) is 10.9. The first-order valence-electron chi connectivity index (χ1n) is 10.9. The summed E-state index contributed by atoms with van der Waals surface area (Å²) in [7, 11) is 0. The van der Waals surface area contributed by atoms with Gasteiger partial charge in [0.1, 0.15) is 11.5 Å². The molecule has 2 saturated heterocycles. The maximum absolute atomic E-state index is 13.1. The highest BCUT2D eigenvalue weighted by Crippen LogP contribution is 2.27. The minimum absolute atomic E-state index is 0.0127. The van der Waals surface area contributed by atoms with E-state index in [0.29, 0.717) is 12.5 Å². The van der Waals surface area contributed by atoms with Gasteiger partial charge in [-0.2, -0.15) is 0 Å². The molecular weight excluding hydrogens is 378 g/mol. The van der Waals surface area contributed by atoms with E-state index in [4.69, 9.17) is 4.74 Å². The maximum atomic E-state index is 13.1. The van der Waals surface area contributed by atoms with Crippen LogP contribution in [0.15, 0.2) is 42.6 Å². The van der Waals surface area contributed by atoms with Crippen molar-refractivity contribution in [3.63, 3.8) is 0 Å². The molecule has 1 N–H and O–H groups in total. The van der Waals surface area contributed by atoms with E-state index < -0.39 is 0 Å². The molecule has 0 aliphatic carbocycles. The molecule has 4 rings (SSSR count). The molecule has 0 radical (unpaired) electrons. The van der Waals surface area contributed by atoms with Crippen LogP contribution in [-0.4, -0.2) is 58.6 Å². The number of rotatable bonds is 6. The molecule has 2 aliphatic heterocycles. The molecule has 6 nitrogen and oxygen atoms in total. The molecule has 3 heterocycles. The standard InChI is InChI=1S/C24H31N3O3/c1-18-4-9-23(13-25-18)30-17-20-12-21(24(29)27-10-2-3-11-27)16-26(15-20)14-19-5-7-22(28)8-6-19/h4-9,13,20-21,28H,2-3,10-12,14-17H2,1H3/t20-,21+/m0/s1. The summed E-state index contributed by atoms with van der Waals surface area (Å²) >= 11 is 0. The summed E-state index contributed by atoms with van der Waals surface area (Å²) in [6.07, 6.45) is 4.85. The number of hydrogen-bond acceptors (Lipinski definition) is 5. The van der Waals surface area contributed by atoms with Gasteiger partial charge in [0.05, 0.1) is 18.7 Å². The van der Waals surface area contributed by atoms with E-state index >= 15 is 0 Å². The number of benzene rings is 1. The molecule has 2 aliphatic rings. The number of likely N-dealkylation sites (tertiary alicyclic amines) is 2. The second-order valence-corrected chi connectivity index (χ2v) is 8.64. The number of hydrogen-bond donors (Lipinski definition) is 1. The number of nitrogens with zero attached hydrogens (tertiary/aromatic N) is 3. The summed E-state index contributed by atoms with van der Waals surface area (Å²) in [5.41, 5.74) is 2.11. The molecule has 1 amide bonds. The van der Waals surface area contributed by atoms with Crippen molar-refractivity contribution in [3.05, 3.63) is 53.9 Å². The molecular formula is C24H31N3O3. The van der Waals surface area contributed by atoms with Gasteiger partial charge in [0.25, 0.3) is 0 Å². The number of carbonyl (C=O) groups is 1. The molecule has 30 heavy (non-hydrogen) atoms. The number of piperidine rings is 1.